The van der Waals surface area contributed by atoms with Crippen molar-refractivity contribution in [3.63, 3.8) is 0 Å². The van der Waals surface area contributed by atoms with Gasteiger partial charge >= 0.3 is 0 Å². The molecular formula is C51H30N4O2. The molecule has 4 heterocycles. The molecular weight excluding hydrogens is 701 g/mol. The summed E-state index contributed by atoms with van der Waals surface area (Å²) >= 11 is 0. The van der Waals surface area contributed by atoms with Gasteiger partial charge in [-0.25, -0.2) is 4.98 Å². The second-order valence-electron chi connectivity index (χ2n) is 13.6. The van der Waals surface area contributed by atoms with Crippen molar-refractivity contribution in [2.45, 2.75) is 0 Å². The number of hydrogen-bond donors (Lipinski definition) is 0. The summed E-state index contributed by atoms with van der Waals surface area (Å²) in [6.45, 7) is 0. The molecule has 0 fully saturated rings. The summed E-state index contributed by atoms with van der Waals surface area (Å²) in [5.41, 5.74) is 5.45. The molecule has 8 aromatic carbocycles. The van der Waals surface area contributed by atoms with Crippen LogP contribution in [0.2, 0.25) is 0 Å². The Hall–Kier alpha value is -7.83. The predicted octanol–water partition coefficient (Wildman–Crippen LogP) is 13.4. The Balaban J connectivity index is 1.20. The largest absolute Gasteiger partial charge is 0.456 e. The first-order chi connectivity index (χ1) is 32.4. The van der Waals surface area contributed by atoms with E-state index in [4.69, 9.17) is 32.0 Å². The Morgan fingerprint density at radius 2 is 1.09 bits per heavy atom. The second kappa shape index (κ2) is 12.3. The van der Waals surface area contributed by atoms with Gasteiger partial charge in [0, 0.05) is 43.4 Å². The fourth-order valence-electron chi connectivity index (χ4n) is 7.84. The molecule has 0 aliphatic carbocycles. The van der Waals surface area contributed by atoms with Crippen molar-refractivity contribution in [3.8, 4) is 51.0 Å². The Morgan fingerprint density at radius 3 is 1.93 bits per heavy atom. The lowest BCUT2D eigenvalue weighted by Crippen LogP contribution is -2.06. The number of para-hydroxylation sites is 2. The number of rotatable bonds is 5. The van der Waals surface area contributed by atoms with Gasteiger partial charge in [0.1, 0.15) is 22.3 Å². The van der Waals surface area contributed by atoms with Crippen molar-refractivity contribution in [3.05, 3.63) is 182 Å². The smallest absolute Gasteiger partial charge is 0.238 e. The van der Waals surface area contributed by atoms with Crippen molar-refractivity contribution >= 4 is 65.7 Å². The van der Waals surface area contributed by atoms with Gasteiger partial charge in [-0.05, 0) is 70.7 Å². The molecule has 0 aliphatic rings. The minimum absolute atomic E-state index is 0.00860. The number of aromatic nitrogens is 4. The van der Waals surface area contributed by atoms with Crippen LogP contribution < -0.4 is 0 Å². The third kappa shape index (κ3) is 4.94. The summed E-state index contributed by atoms with van der Waals surface area (Å²) in [5.74, 6) is 0.201. The van der Waals surface area contributed by atoms with Gasteiger partial charge in [0.2, 0.25) is 5.95 Å². The molecule has 0 atom stereocenters. The SMILES string of the molecule is [2H]c1c([2H])c([2H])c2c(oc3c([2H])c([2H])c4c(c5c([2H])c([2H])c([2H])c([2H])c5n4-c4nc(-c5cccc(-c6ccccc6)c5)nc(-c5ccc6c(c5)oc5cccc(-c7ccccc7)c56)n4)c32)c1[2H]. The van der Waals surface area contributed by atoms with E-state index in [1.54, 1.807) is 0 Å². The van der Waals surface area contributed by atoms with Crippen LogP contribution in [0.15, 0.2) is 191 Å². The average Bonchev–Trinajstić information content (AvgIpc) is 4.06. The van der Waals surface area contributed by atoms with Gasteiger partial charge < -0.3 is 8.83 Å². The van der Waals surface area contributed by atoms with Gasteiger partial charge in [-0.15, -0.1) is 0 Å². The van der Waals surface area contributed by atoms with Crippen molar-refractivity contribution in [2.24, 2.45) is 0 Å². The molecule has 12 rings (SSSR count). The summed E-state index contributed by atoms with van der Waals surface area (Å²) < 4.78 is 104. The standard InChI is InChI=1S/C51H30N4O2/c1-3-13-31(14-4-1)33-17-11-18-34(29-33)49-52-50(35-25-26-39-45(30-35)57-43-24-12-21-36(46(39)43)32-15-5-2-6-16-32)54-51(53-49)55-40-22-9-7-19-37(40)47-41(55)27-28-44-48(47)38-20-8-10-23-42(38)56-44/h1-30H/i7D,8D,9D,10D,19D,20D,22D,23D,27D,28D. The summed E-state index contributed by atoms with van der Waals surface area (Å²) in [4.78, 5) is 15.0. The monoisotopic (exact) mass is 740 g/mol. The summed E-state index contributed by atoms with van der Waals surface area (Å²) in [6.07, 6.45) is 0. The lowest BCUT2D eigenvalue weighted by atomic mass is 9.99. The maximum atomic E-state index is 9.55. The van der Waals surface area contributed by atoms with Crippen molar-refractivity contribution < 1.29 is 22.5 Å². The van der Waals surface area contributed by atoms with Crippen LogP contribution in [-0.4, -0.2) is 19.5 Å². The molecule has 57 heavy (non-hydrogen) atoms. The van der Waals surface area contributed by atoms with Gasteiger partial charge in [0.05, 0.1) is 24.7 Å². The second-order valence-corrected chi connectivity index (χ2v) is 13.6. The molecule has 0 bridgehead atoms. The highest BCUT2D eigenvalue weighted by Gasteiger charge is 2.22. The van der Waals surface area contributed by atoms with Crippen LogP contribution in [0.3, 0.4) is 0 Å². The molecule has 12 aromatic rings. The average molecular weight is 741 g/mol. The highest BCUT2D eigenvalue weighted by Crippen LogP contribution is 2.42. The molecule has 0 N–H and O–H groups in total. The zero-order chi connectivity index (χ0) is 46.2. The summed E-state index contributed by atoms with van der Waals surface area (Å²) in [6, 6.07) is 33.8. The molecule has 4 aromatic heterocycles. The lowest BCUT2D eigenvalue weighted by molar-refractivity contribution is 0.669. The molecule has 266 valence electrons. The van der Waals surface area contributed by atoms with E-state index in [0.29, 0.717) is 22.3 Å². The van der Waals surface area contributed by atoms with Crippen LogP contribution in [0.1, 0.15) is 13.7 Å². The first-order valence-electron chi connectivity index (χ1n) is 23.2. The van der Waals surface area contributed by atoms with Gasteiger partial charge in [-0.3, -0.25) is 4.57 Å². The zero-order valence-corrected chi connectivity index (χ0v) is 29.7. The van der Waals surface area contributed by atoms with Crippen LogP contribution in [-0.2, 0) is 0 Å². The van der Waals surface area contributed by atoms with E-state index in [-0.39, 0.29) is 61.3 Å². The molecule has 0 aliphatic heterocycles. The van der Waals surface area contributed by atoms with E-state index in [1.165, 1.54) is 4.57 Å². The predicted molar refractivity (Wildman–Crippen MR) is 230 cm³/mol. The fraction of sp³-hybridized carbons (Fsp3) is 0. The van der Waals surface area contributed by atoms with Crippen LogP contribution >= 0.6 is 0 Å². The highest BCUT2D eigenvalue weighted by atomic mass is 16.3. The first kappa shape index (κ1) is 23.2. The Labute approximate surface area is 340 Å². The van der Waals surface area contributed by atoms with Crippen molar-refractivity contribution in [1.82, 2.24) is 19.5 Å². The third-order valence-electron chi connectivity index (χ3n) is 10.4. The zero-order valence-electron chi connectivity index (χ0n) is 39.7. The Kier molecular flexibility index (Phi) is 5.02. The third-order valence-corrected chi connectivity index (χ3v) is 10.4. The fourth-order valence-corrected chi connectivity index (χ4v) is 7.84. The van der Waals surface area contributed by atoms with Gasteiger partial charge in [-0.2, -0.15) is 9.97 Å². The molecule has 0 saturated heterocycles. The molecule has 0 radical (unpaired) electrons. The van der Waals surface area contributed by atoms with Crippen LogP contribution in [0.4, 0.5) is 0 Å². The van der Waals surface area contributed by atoms with E-state index in [9.17, 15) is 5.48 Å². The maximum absolute atomic E-state index is 9.55. The van der Waals surface area contributed by atoms with Gasteiger partial charge in [0.15, 0.2) is 11.6 Å². The minimum atomic E-state index is -0.579. The molecule has 0 spiro atoms. The first-order valence-corrected chi connectivity index (χ1v) is 18.2. The van der Waals surface area contributed by atoms with Crippen LogP contribution in [0.5, 0.6) is 0 Å². The number of fused-ring (bicyclic) bond motifs is 10. The Morgan fingerprint density at radius 1 is 0.404 bits per heavy atom. The van der Waals surface area contributed by atoms with Crippen molar-refractivity contribution in [1.29, 1.82) is 0 Å². The van der Waals surface area contributed by atoms with Crippen LogP contribution in [0, 0.1) is 0 Å². The molecule has 0 saturated carbocycles. The maximum Gasteiger partial charge on any atom is 0.238 e. The van der Waals surface area contributed by atoms with Crippen LogP contribution in [0.25, 0.3) is 117 Å². The van der Waals surface area contributed by atoms with E-state index >= 15 is 0 Å². The summed E-state index contributed by atoms with van der Waals surface area (Å²) in [7, 11) is 0. The highest BCUT2D eigenvalue weighted by molar-refractivity contribution is 6.27. The number of benzene rings is 8. The van der Waals surface area contributed by atoms with Gasteiger partial charge in [0.25, 0.3) is 0 Å². The Bertz CT molecular complexity index is 4110. The molecule has 6 heteroatoms. The summed E-state index contributed by atoms with van der Waals surface area (Å²) in [5, 5.41) is 1.60. The lowest BCUT2D eigenvalue weighted by Gasteiger charge is -2.12. The normalized spacial score (nSPS) is 14.3. The van der Waals surface area contributed by atoms with E-state index in [0.717, 1.165) is 33.0 Å². The number of hydrogen-bond acceptors (Lipinski definition) is 5. The minimum Gasteiger partial charge on any atom is -0.456 e. The quantitative estimate of drug-likeness (QED) is 0.176. The molecule has 0 unspecified atom stereocenters. The topological polar surface area (TPSA) is 69.9 Å². The van der Waals surface area contributed by atoms with Crippen molar-refractivity contribution in [2.75, 3.05) is 0 Å². The van der Waals surface area contributed by atoms with E-state index in [1.807, 2.05) is 121 Å². The van der Waals surface area contributed by atoms with Gasteiger partial charge in [-0.1, -0.05) is 133 Å². The van der Waals surface area contributed by atoms with E-state index in [2.05, 4.69) is 0 Å². The number of nitrogens with zero attached hydrogens (tertiary/aromatic N) is 4. The van der Waals surface area contributed by atoms with E-state index < -0.39 is 60.4 Å². The molecule has 6 nitrogen and oxygen atoms in total. The number of furan rings is 2. The molecule has 0 amide bonds.